The van der Waals surface area contributed by atoms with Gasteiger partial charge in [0.05, 0.1) is 13.2 Å². The summed E-state index contributed by atoms with van der Waals surface area (Å²) >= 11 is 0. The predicted molar refractivity (Wildman–Crippen MR) is 51.8 cm³/mol. The molecule has 14 heavy (non-hydrogen) atoms. The maximum absolute atomic E-state index is 11.2. The fourth-order valence-corrected chi connectivity index (χ4v) is 1.82. The fraction of sp³-hybridized carbons (Fsp3) is 0.889. The van der Waals surface area contributed by atoms with E-state index >= 15 is 0 Å². The molecule has 5 nitrogen and oxygen atoms in total. The summed E-state index contributed by atoms with van der Waals surface area (Å²) in [6, 6.07) is -0.236. The van der Waals surface area contributed by atoms with Crippen molar-refractivity contribution in [3.63, 3.8) is 0 Å². The van der Waals surface area contributed by atoms with Gasteiger partial charge in [-0.25, -0.2) is 0 Å². The molecule has 2 aliphatic heterocycles. The quantitative estimate of drug-likeness (QED) is 0.561. The van der Waals surface area contributed by atoms with Gasteiger partial charge in [-0.05, 0) is 0 Å². The van der Waals surface area contributed by atoms with E-state index in [0.717, 1.165) is 45.9 Å². The summed E-state index contributed by atoms with van der Waals surface area (Å²) in [5, 5.41) is 0. The van der Waals surface area contributed by atoms with Crippen molar-refractivity contribution in [2.45, 2.75) is 6.04 Å². The molecule has 0 aromatic carbocycles. The molecule has 0 spiro atoms. The minimum atomic E-state index is -0.236. The minimum absolute atomic E-state index is 0.0956. The van der Waals surface area contributed by atoms with Crippen molar-refractivity contribution in [3.8, 4) is 0 Å². The molecule has 2 saturated heterocycles. The second-order valence-corrected chi connectivity index (χ2v) is 3.84. The molecule has 1 amide bonds. The lowest BCUT2D eigenvalue weighted by molar-refractivity contribution is -0.142. The average molecular weight is 199 g/mol. The Balaban J connectivity index is 1.65. The van der Waals surface area contributed by atoms with Crippen LogP contribution in [0.25, 0.3) is 0 Å². The minimum Gasteiger partial charge on any atom is -0.379 e. The van der Waals surface area contributed by atoms with Crippen LogP contribution in [-0.4, -0.2) is 67.7 Å². The number of amides is 1. The van der Waals surface area contributed by atoms with E-state index in [9.17, 15) is 4.79 Å². The summed E-state index contributed by atoms with van der Waals surface area (Å²) in [6.07, 6.45) is 0. The SMILES string of the molecule is NC1CN(CCN2CCOCC2)C1=O. The van der Waals surface area contributed by atoms with Crippen LogP contribution in [0.1, 0.15) is 0 Å². The van der Waals surface area contributed by atoms with Gasteiger partial charge < -0.3 is 15.4 Å². The molecule has 2 rings (SSSR count). The van der Waals surface area contributed by atoms with Crippen molar-refractivity contribution in [1.82, 2.24) is 9.80 Å². The number of rotatable bonds is 3. The first kappa shape index (κ1) is 9.89. The van der Waals surface area contributed by atoms with Crippen LogP contribution in [0.15, 0.2) is 0 Å². The van der Waals surface area contributed by atoms with Crippen molar-refractivity contribution in [2.24, 2.45) is 5.73 Å². The summed E-state index contributed by atoms with van der Waals surface area (Å²) in [5.41, 5.74) is 5.50. The monoisotopic (exact) mass is 199 g/mol. The van der Waals surface area contributed by atoms with Gasteiger partial charge >= 0.3 is 0 Å². The standard InChI is InChI=1S/C9H17N3O2/c10-8-7-12(9(8)13)2-1-11-3-5-14-6-4-11/h8H,1-7,10H2. The Morgan fingerprint density at radius 3 is 2.64 bits per heavy atom. The van der Waals surface area contributed by atoms with Crippen LogP contribution >= 0.6 is 0 Å². The molecule has 80 valence electrons. The Labute approximate surface area is 83.8 Å². The molecule has 2 aliphatic rings. The average Bonchev–Trinajstić information content (AvgIpc) is 2.25. The van der Waals surface area contributed by atoms with E-state index in [1.165, 1.54) is 0 Å². The van der Waals surface area contributed by atoms with E-state index in [4.69, 9.17) is 10.5 Å². The number of carbonyl (C=O) groups is 1. The maximum atomic E-state index is 11.2. The lowest BCUT2D eigenvalue weighted by Crippen LogP contribution is -2.62. The van der Waals surface area contributed by atoms with E-state index < -0.39 is 0 Å². The van der Waals surface area contributed by atoms with Gasteiger partial charge in [0.2, 0.25) is 5.91 Å². The Morgan fingerprint density at radius 1 is 1.36 bits per heavy atom. The summed E-state index contributed by atoms with van der Waals surface area (Å²) in [4.78, 5) is 15.3. The van der Waals surface area contributed by atoms with Crippen molar-refractivity contribution in [2.75, 3.05) is 45.9 Å². The number of ether oxygens (including phenoxy) is 1. The number of nitrogens with zero attached hydrogens (tertiary/aromatic N) is 2. The van der Waals surface area contributed by atoms with Gasteiger partial charge in [0, 0.05) is 32.7 Å². The smallest absolute Gasteiger partial charge is 0.241 e. The molecule has 1 unspecified atom stereocenters. The highest BCUT2D eigenvalue weighted by Gasteiger charge is 2.32. The third-order valence-corrected chi connectivity index (χ3v) is 2.84. The first-order valence-electron chi connectivity index (χ1n) is 5.12. The van der Waals surface area contributed by atoms with Crippen molar-refractivity contribution in [3.05, 3.63) is 0 Å². The molecule has 0 bridgehead atoms. The summed E-state index contributed by atoms with van der Waals surface area (Å²) in [7, 11) is 0. The number of hydrogen-bond donors (Lipinski definition) is 1. The number of β-lactam (4-membered cyclic amide) rings is 1. The van der Waals surface area contributed by atoms with Crippen LogP contribution in [-0.2, 0) is 9.53 Å². The van der Waals surface area contributed by atoms with Crippen LogP contribution < -0.4 is 5.73 Å². The Bertz CT molecular complexity index is 216. The van der Waals surface area contributed by atoms with Crippen LogP contribution in [0, 0.1) is 0 Å². The number of nitrogens with two attached hydrogens (primary N) is 1. The highest BCUT2D eigenvalue weighted by atomic mass is 16.5. The summed E-state index contributed by atoms with van der Waals surface area (Å²) < 4.78 is 5.24. The van der Waals surface area contributed by atoms with Crippen LogP contribution in [0.4, 0.5) is 0 Å². The van der Waals surface area contributed by atoms with Gasteiger partial charge in [-0.15, -0.1) is 0 Å². The molecular formula is C9H17N3O2. The van der Waals surface area contributed by atoms with Gasteiger partial charge in [-0.3, -0.25) is 9.69 Å². The molecule has 0 aromatic rings. The second kappa shape index (κ2) is 4.25. The number of carbonyl (C=O) groups excluding carboxylic acids is 1. The van der Waals surface area contributed by atoms with E-state index in [-0.39, 0.29) is 11.9 Å². The van der Waals surface area contributed by atoms with Gasteiger partial charge in [0.1, 0.15) is 6.04 Å². The zero-order valence-corrected chi connectivity index (χ0v) is 8.32. The van der Waals surface area contributed by atoms with Gasteiger partial charge in [-0.2, -0.15) is 0 Å². The largest absolute Gasteiger partial charge is 0.379 e. The lowest BCUT2D eigenvalue weighted by atomic mass is 10.1. The Morgan fingerprint density at radius 2 is 2.07 bits per heavy atom. The van der Waals surface area contributed by atoms with Gasteiger partial charge in [-0.1, -0.05) is 0 Å². The predicted octanol–water partition coefficient (Wildman–Crippen LogP) is -1.51. The Hall–Kier alpha value is -0.650. The Kier molecular flexibility index (Phi) is 3.00. The number of morpholine rings is 1. The molecule has 5 heteroatoms. The fourth-order valence-electron chi connectivity index (χ4n) is 1.82. The third-order valence-electron chi connectivity index (χ3n) is 2.84. The van der Waals surface area contributed by atoms with E-state index in [0.29, 0.717) is 0 Å². The van der Waals surface area contributed by atoms with Crippen molar-refractivity contribution < 1.29 is 9.53 Å². The first-order chi connectivity index (χ1) is 6.77. The first-order valence-corrected chi connectivity index (χ1v) is 5.12. The topological polar surface area (TPSA) is 58.8 Å². The van der Waals surface area contributed by atoms with Crippen LogP contribution in [0.2, 0.25) is 0 Å². The highest BCUT2D eigenvalue weighted by Crippen LogP contribution is 2.07. The van der Waals surface area contributed by atoms with Gasteiger partial charge in [0.25, 0.3) is 0 Å². The van der Waals surface area contributed by atoms with Crippen molar-refractivity contribution >= 4 is 5.91 Å². The van der Waals surface area contributed by atoms with Crippen LogP contribution in [0.3, 0.4) is 0 Å². The lowest BCUT2D eigenvalue weighted by Gasteiger charge is -2.38. The normalized spacial score (nSPS) is 29.1. The molecule has 2 fully saturated rings. The van der Waals surface area contributed by atoms with E-state index in [1.807, 2.05) is 4.90 Å². The maximum Gasteiger partial charge on any atom is 0.241 e. The summed E-state index contributed by atoms with van der Waals surface area (Å²) in [5.74, 6) is 0.0956. The molecular weight excluding hydrogens is 182 g/mol. The zero-order valence-electron chi connectivity index (χ0n) is 8.32. The zero-order chi connectivity index (χ0) is 9.97. The van der Waals surface area contributed by atoms with E-state index in [1.54, 1.807) is 0 Å². The molecule has 2 N–H and O–H groups in total. The number of hydrogen-bond acceptors (Lipinski definition) is 4. The second-order valence-electron chi connectivity index (χ2n) is 3.84. The molecule has 0 radical (unpaired) electrons. The molecule has 0 aliphatic carbocycles. The molecule has 0 aromatic heterocycles. The summed E-state index contributed by atoms with van der Waals surface area (Å²) in [6.45, 7) is 6.07. The number of likely N-dealkylation sites (tertiary alicyclic amines) is 1. The highest BCUT2D eigenvalue weighted by molar-refractivity contribution is 5.87. The van der Waals surface area contributed by atoms with Crippen LogP contribution in [0.5, 0.6) is 0 Å². The molecule has 1 atom stereocenters. The van der Waals surface area contributed by atoms with Gasteiger partial charge in [0.15, 0.2) is 0 Å². The molecule has 0 saturated carbocycles. The molecule has 2 heterocycles. The van der Waals surface area contributed by atoms with E-state index in [2.05, 4.69) is 4.90 Å². The van der Waals surface area contributed by atoms with Crippen molar-refractivity contribution in [1.29, 1.82) is 0 Å². The third kappa shape index (κ3) is 2.05.